The maximum absolute atomic E-state index is 10.3. The number of aryl methyl sites for hydroxylation is 1. The van der Waals surface area contributed by atoms with E-state index in [9.17, 15) is 4.79 Å². The van der Waals surface area contributed by atoms with Gasteiger partial charge in [0.05, 0.1) is 4.47 Å². The number of carbonyl (C=O) groups is 1. The highest BCUT2D eigenvalue weighted by atomic mass is 79.9. The third-order valence-electron chi connectivity index (χ3n) is 2.48. The molecule has 0 amide bonds. The second-order valence-corrected chi connectivity index (χ2v) is 4.27. The first-order chi connectivity index (χ1) is 7.24. The lowest BCUT2D eigenvalue weighted by Gasteiger charge is -2.08. The highest BCUT2D eigenvalue weighted by Gasteiger charge is 2.21. The summed E-state index contributed by atoms with van der Waals surface area (Å²) in [6.07, 6.45) is 2.20. The van der Waals surface area contributed by atoms with Crippen molar-refractivity contribution < 1.29 is 14.3 Å². The van der Waals surface area contributed by atoms with Crippen molar-refractivity contribution in [1.29, 1.82) is 0 Å². The van der Waals surface area contributed by atoms with E-state index >= 15 is 0 Å². The smallest absolute Gasteiger partial charge is 0.231 e. The summed E-state index contributed by atoms with van der Waals surface area (Å²) in [5.74, 6) is 1.56. The van der Waals surface area contributed by atoms with E-state index in [1.54, 1.807) is 0 Å². The number of rotatable bonds is 3. The molecule has 1 aliphatic heterocycles. The van der Waals surface area contributed by atoms with Gasteiger partial charge in [0.1, 0.15) is 6.29 Å². The fourth-order valence-electron chi connectivity index (χ4n) is 1.68. The molecule has 0 spiro atoms. The van der Waals surface area contributed by atoms with Gasteiger partial charge in [-0.25, -0.2) is 0 Å². The molecular formula is C11H11BrO3. The van der Waals surface area contributed by atoms with Crippen molar-refractivity contribution in [2.45, 2.75) is 19.8 Å². The number of hydrogen-bond acceptors (Lipinski definition) is 3. The summed E-state index contributed by atoms with van der Waals surface area (Å²) in [6, 6.07) is 1.99. The zero-order valence-corrected chi connectivity index (χ0v) is 9.96. The van der Waals surface area contributed by atoms with Gasteiger partial charge in [0.15, 0.2) is 11.5 Å². The number of hydrogen-bond donors (Lipinski definition) is 0. The summed E-state index contributed by atoms with van der Waals surface area (Å²) in [6.45, 7) is 2.26. The largest absolute Gasteiger partial charge is 0.453 e. The van der Waals surface area contributed by atoms with Crippen LogP contribution in [0.1, 0.15) is 17.5 Å². The molecule has 80 valence electrons. The molecule has 0 radical (unpaired) electrons. The fraction of sp³-hybridized carbons (Fsp3) is 0.364. The molecule has 0 unspecified atom stereocenters. The molecule has 0 saturated heterocycles. The van der Waals surface area contributed by atoms with Crippen LogP contribution in [0.15, 0.2) is 10.5 Å². The van der Waals surface area contributed by atoms with Crippen molar-refractivity contribution >= 4 is 22.2 Å². The van der Waals surface area contributed by atoms with E-state index in [2.05, 4.69) is 15.9 Å². The van der Waals surface area contributed by atoms with Crippen molar-refractivity contribution in [1.82, 2.24) is 0 Å². The van der Waals surface area contributed by atoms with Crippen LogP contribution in [0.4, 0.5) is 0 Å². The van der Waals surface area contributed by atoms with Crippen LogP contribution in [0.25, 0.3) is 0 Å². The third kappa shape index (κ3) is 1.86. The van der Waals surface area contributed by atoms with Crippen LogP contribution >= 0.6 is 15.9 Å². The summed E-state index contributed by atoms with van der Waals surface area (Å²) < 4.78 is 11.6. The Kier molecular flexibility index (Phi) is 2.95. The Labute approximate surface area is 96.5 Å². The van der Waals surface area contributed by atoms with Gasteiger partial charge in [0.25, 0.3) is 0 Å². The first kappa shape index (κ1) is 10.5. The molecule has 0 atom stereocenters. The van der Waals surface area contributed by atoms with E-state index in [0.717, 1.165) is 39.8 Å². The van der Waals surface area contributed by atoms with E-state index in [1.807, 2.05) is 13.0 Å². The molecule has 15 heavy (non-hydrogen) atoms. The molecular weight excluding hydrogens is 260 g/mol. The fourth-order valence-corrected chi connectivity index (χ4v) is 2.25. The molecule has 1 aromatic carbocycles. The highest BCUT2D eigenvalue weighted by Crippen LogP contribution is 2.43. The second-order valence-electron chi connectivity index (χ2n) is 3.41. The molecule has 0 N–H and O–H groups in total. The molecule has 0 saturated carbocycles. The van der Waals surface area contributed by atoms with Crippen LogP contribution in [-0.4, -0.2) is 13.1 Å². The molecule has 0 fully saturated rings. The van der Waals surface area contributed by atoms with E-state index in [4.69, 9.17) is 9.47 Å². The Morgan fingerprint density at radius 2 is 2.20 bits per heavy atom. The summed E-state index contributed by atoms with van der Waals surface area (Å²) >= 11 is 3.43. The topological polar surface area (TPSA) is 35.5 Å². The lowest BCUT2D eigenvalue weighted by Crippen LogP contribution is -1.94. The van der Waals surface area contributed by atoms with Crippen LogP contribution < -0.4 is 9.47 Å². The Morgan fingerprint density at radius 1 is 1.47 bits per heavy atom. The SMILES string of the molecule is Cc1c(CCC=O)cc(Br)c2c1OCO2. The van der Waals surface area contributed by atoms with Gasteiger partial charge in [-0.1, -0.05) is 0 Å². The Morgan fingerprint density at radius 3 is 2.93 bits per heavy atom. The van der Waals surface area contributed by atoms with E-state index < -0.39 is 0 Å². The van der Waals surface area contributed by atoms with Crippen LogP contribution in [0, 0.1) is 6.92 Å². The Hall–Kier alpha value is -1.03. The predicted molar refractivity (Wildman–Crippen MR) is 59.4 cm³/mol. The first-order valence-electron chi connectivity index (χ1n) is 4.75. The number of carbonyl (C=O) groups excluding carboxylic acids is 1. The minimum atomic E-state index is 0.270. The maximum Gasteiger partial charge on any atom is 0.231 e. The molecule has 2 rings (SSSR count). The predicted octanol–water partition coefficient (Wildman–Crippen LogP) is 2.62. The quantitative estimate of drug-likeness (QED) is 0.793. The molecule has 0 aliphatic carbocycles. The molecule has 0 bridgehead atoms. The van der Waals surface area contributed by atoms with E-state index in [-0.39, 0.29) is 6.79 Å². The van der Waals surface area contributed by atoms with Gasteiger partial charge in [-0.3, -0.25) is 0 Å². The van der Waals surface area contributed by atoms with Gasteiger partial charge in [-0.15, -0.1) is 0 Å². The van der Waals surface area contributed by atoms with Gasteiger partial charge < -0.3 is 14.3 Å². The number of aldehydes is 1. The zero-order valence-electron chi connectivity index (χ0n) is 8.38. The standard InChI is InChI=1S/C11H11BrO3/c1-7-8(3-2-4-13)5-9(12)11-10(7)14-6-15-11/h4-5H,2-3,6H2,1H3. The van der Waals surface area contributed by atoms with Gasteiger partial charge in [-0.05, 0) is 46.5 Å². The number of fused-ring (bicyclic) bond motifs is 1. The summed E-state index contributed by atoms with van der Waals surface area (Å²) in [4.78, 5) is 10.3. The van der Waals surface area contributed by atoms with Crippen LogP contribution in [0.3, 0.4) is 0 Å². The lowest BCUT2D eigenvalue weighted by molar-refractivity contribution is -0.107. The van der Waals surface area contributed by atoms with Crippen molar-refractivity contribution in [2.24, 2.45) is 0 Å². The van der Waals surface area contributed by atoms with Gasteiger partial charge in [0, 0.05) is 6.42 Å². The average Bonchev–Trinajstić information content (AvgIpc) is 2.70. The Balaban J connectivity index is 2.40. The average molecular weight is 271 g/mol. The minimum Gasteiger partial charge on any atom is -0.453 e. The number of halogens is 1. The van der Waals surface area contributed by atoms with E-state index in [1.165, 1.54) is 0 Å². The highest BCUT2D eigenvalue weighted by molar-refractivity contribution is 9.10. The van der Waals surface area contributed by atoms with Gasteiger partial charge >= 0.3 is 0 Å². The zero-order chi connectivity index (χ0) is 10.8. The van der Waals surface area contributed by atoms with E-state index in [0.29, 0.717) is 6.42 Å². The number of ether oxygens (including phenoxy) is 2. The van der Waals surface area contributed by atoms with Crippen molar-refractivity contribution in [2.75, 3.05) is 6.79 Å². The van der Waals surface area contributed by atoms with Gasteiger partial charge in [-0.2, -0.15) is 0 Å². The third-order valence-corrected chi connectivity index (χ3v) is 3.07. The Bertz CT molecular complexity index is 401. The first-order valence-corrected chi connectivity index (χ1v) is 5.54. The molecule has 1 heterocycles. The monoisotopic (exact) mass is 270 g/mol. The van der Waals surface area contributed by atoms with Crippen LogP contribution in [0.2, 0.25) is 0 Å². The minimum absolute atomic E-state index is 0.270. The molecule has 0 aromatic heterocycles. The molecule has 1 aromatic rings. The second kappa shape index (κ2) is 4.23. The summed E-state index contributed by atoms with van der Waals surface area (Å²) in [7, 11) is 0. The molecule has 1 aliphatic rings. The van der Waals surface area contributed by atoms with Crippen molar-refractivity contribution in [3.05, 3.63) is 21.7 Å². The molecule has 3 nitrogen and oxygen atoms in total. The summed E-state index contributed by atoms with van der Waals surface area (Å²) in [5, 5.41) is 0. The summed E-state index contributed by atoms with van der Waals surface area (Å²) in [5.41, 5.74) is 2.19. The van der Waals surface area contributed by atoms with Gasteiger partial charge in [0.2, 0.25) is 6.79 Å². The molecule has 4 heteroatoms. The van der Waals surface area contributed by atoms with Crippen molar-refractivity contribution in [3.63, 3.8) is 0 Å². The van der Waals surface area contributed by atoms with Crippen LogP contribution in [0.5, 0.6) is 11.5 Å². The normalized spacial score (nSPS) is 12.9. The number of benzene rings is 1. The van der Waals surface area contributed by atoms with Crippen molar-refractivity contribution in [3.8, 4) is 11.5 Å². The van der Waals surface area contributed by atoms with Crippen LogP contribution in [-0.2, 0) is 11.2 Å². The lowest BCUT2D eigenvalue weighted by atomic mass is 10.0. The maximum atomic E-state index is 10.3.